The SMILES string of the molecule is Nc1cc(Cn2ccnc2)ccc1NCc1cccnc1. The number of nitrogens with two attached hydrogens (primary N) is 1. The van der Waals surface area contributed by atoms with Gasteiger partial charge in [0.2, 0.25) is 0 Å². The normalized spacial score (nSPS) is 10.5. The average Bonchev–Trinajstić information content (AvgIpc) is 3.00. The lowest BCUT2D eigenvalue weighted by molar-refractivity contribution is 0.798. The van der Waals surface area contributed by atoms with Crippen LogP contribution in [0.4, 0.5) is 11.4 Å². The summed E-state index contributed by atoms with van der Waals surface area (Å²) >= 11 is 0. The molecule has 3 rings (SSSR count). The zero-order valence-electron chi connectivity index (χ0n) is 11.6. The van der Waals surface area contributed by atoms with Gasteiger partial charge in [0.25, 0.3) is 0 Å². The molecule has 2 aromatic heterocycles. The summed E-state index contributed by atoms with van der Waals surface area (Å²) in [5.41, 5.74) is 10.1. The van der Waals surface area contributed by atoms with Crippen molar-refractivity contribution in [1.82, 2.24) is 14.5 Å². The topological polar surface area (TPSA) is 68.8 Å². The van der Waals surface area contributed by atoms with E-state index in [1.54, 1.807) is 18.7 Å². The molecule has 2 heterocycles. The van der Waals surface area contributed by atoms with Crippen molar-refractivity contribution in [2.45, 2.75) is 13.1 Å². The Bertz CT molecular complexity index is 692. The summed E-state index contributed by atoms with van der Waals surface area (Å²) in [4.78, 5) is 8.13. The molecular formula is C16H17N5. The number of nitrogens with one attached hydrogen (secondary N) is 1. The second-order valence-electron chi connectivity index (χ2n) is 4.87. The first-order chi connectivity index (χ1) is 10.3. The molecule has 1 aromatic carbocycles. The van der Waals surface area contributed by atoms with Crippen molar-refractivity contribution in [2.75, 3.05) is 11.1 Å². The van der Waals surface area contributed by atoms with Gasteiger partial charge in [-0.25, -0.2) is 4.98 Å². The minimum atomic E-state index is 0.707. The first-order valence-electron chi connectivity index (χ1n) is 6.78. The molecule has 5 nitrogen and oxygen atoms in total. The van der Waals surface area contributed by atoms with Gasteiger partial charge in [0.05, 0.1) is 17.7 Å². The van der Waals surface area contributed by atoms with Crippen molar-refractivity contribution in [1.29, 1.82) is 0 Å². The molecule has 0 spiro atoms. The predicted molar refractivity (Wildman–Crippen MR) is 83.7 cm³/mol. The molecule has 5 heteroatoms. The highest BCUT2D eigenvalue weighted by Gasteiger charge is 2.02. The predicted octanol–water partition coefficient (Wildman–Crippen LogP) is 2.52. The number of anilines is 2. The number of pyridine rings is 1. The Morgan fingerprint density at radius 3 is 2.76 bits per heavy atom. The largest absolute Gasteiger partial charge is 0.397 e. The van der Waals surface area contributed by atoms with Crippen LogP contribution in [0.25, 0.3) is 0 Å². The molecule has 0 fully saturated rings. The van der Waals surface area contributed by atoms with Crippen LogP contribution in [0.15, 0.2) is 61.4 Å². The summed E-state index contributed by atoms with van der Waals surface area (Å²) in [6.07, 6.45) is 9.11. The van der Waals surface area contributed by atoms with Crippen LogP contribution < -0.4 is 11.1 Å². The number of nitrogen functional groups attached to an aromatic ring is 1. The van der Waals surface area contributed by atoms with Gasteiger partial charge in [-0.3, -0.25) is 4.98 Å². The first kappa shape index (κ1) is 13.2. The number of hydrogen-bond acceptors (Lipinski definition) is 4. The van der Waals surface area contributed by atoms with E-state index in [0.29, 0.717) is 6.54 Å². The minimum Gasteiger partial charge on any atom is -0.397 e. The zero-order chi connectivity index (χ0) is 14.5. The Labute approximate surface area is 123 Å². The Morgan fingerprint density at radius 2 is 2.05 bits per heavy atom. The van der Waals surface area contributed by atoms with Crippen molar-refractivity contribution >= 4 is 11.4 Å². The van der Waals surface area contributed by atoms with E-state index < -0.39 is 0 Å². The molecular weight excluding hydrogens is 262 g/mol. The van der Waals surface area contributed by atoms with Crippen molar-refractivity contribution in [2.24, 2.45) is 0 Å². The van der Waals surface area contributed by atoms with Crippen molar-refractivity contribution < 1.29 is 0 Å². The highest BCUT2D eigenvalue weighted by molar-refractivity contribution is 5.67. The third-order valence-electron chi connectivity index (χ3n) is 3.25. The highest BCUT2D eigenvalue weighted by atomic mass is 15.0. The van der Waals surface area contributed by atoms with Gasteiger partial charge in [0, 0.05) is 37.9 Å². The van der Waals surface area contributed by atoms with E-state index in [0.717, 1.165) is 29.0 Å². The Balaban J connectivity index is 1.67. The maximum absolute atomic E-state index is 6.11. The van der Waals surface area contributed by atoms with E-state index in [2.05, 4.69) is 21.4 Å². The standard InChI is InChI=1S/C16H17N5/c17-15-8-13(11-21-7-6-19-12-21)3-4-16(15)20-10-14-2-1-5-18-9-14/h1-9,12,20H,10-11,17H2. The molecule has 0 aliphatic rings. The van der Waals surface area contributed by atoms with Gasteiger partial charge in [-0.05, 0) is 29.3 Å². The van der Waals surface area contributed by atoms with Crippen LogP contribution in [0, 0.1) is 0 Å². The van der Waals surface area contributed by atoms with E-state index in [-0.39, 0.29) is 0 Å². The number of benzene rings is 1. The second kappa shape index (κ2) is 6.09. The van der Waals surface area contributed by atoms with E-state index >= 15 is 0 Å². The molecule has 0 saturated heterocycles. The van der Waals surface area contributed by atoms with Crippen molar-refractivity contribution in [3.8, 4) is 0 Å². The molecule has 0 atom stereocenters. The lowest BCUT2D eigenvalue weighted by Crippen LogP contribution is -2.04. The van der Waals surface area contributed by atoms with Crippen LogP contribution in [0.1, 0.15) is 11.1 Å². The number of aromatic nitrogens is 3. The van der Waals surface area contributed by atoms with Crippen LogP contribution in [-0.2, 0) is 13.1 Å². The van der Waals surface area contributed by atoms with E-state index in [9.17, 15) is 0 Å². The van der Waals surface area contributed by atoms with Crippen LogP contribution in [0.2, 0.25) is 0 Å². The van der Waals surface area contributed by atoms with Gasteiger partial charge in [-0.1, -0.05) is 12.1 Å². The summed E-state index contributed by atoms with van der Waals surface area (Å²) in [7, 11) is 0. The minimum absolute atomic E-state index is 0.707. The molecule has 0 saturated carbocycles. The Hall–Kier alpha value is -2.82. The summed E-state index contributed by atoms with van der Waals surface area (Å²) in [6, 6.07) is 10.0. The Morgan fingerprint density at radius 1 is 1.10 bits per heavy atom. The summed E-state index contributed by atoms with van der Waals surface area (Å²) in [5, 5.41) is 3.33. The maximum atomic E-state index is 6.11. The van der Waals surface area contributed by atoms with Gasteiger partial charge < -0.3 is 15.6 Å². The van der Waals surface area contributed by atoms with E-state index in [1.807, 2.05) is 41.2 Å². The lowest BCUT2D eigenvalue weighted by atomic mass is 10.1. The van der Waals surface area contributed by atoms with Crippen LogP contribution in [0.5, 0.6) is 0 Å². The number of rotatable bonds is 5. The molecule has 0 unspecified atom stereocenters. The Kier molecular flexibility index (Phi) is 3.82. The highest BCUT2D eigenvalue weighted by Crippen LogP contribution is 2.21. The van der Waals surface area contributed by atoms with Gasteiger partial charge >= 0.3 is 0 Å². The zero-order valence-corrected chi connectivity index (χ0v) is 11.6. The van der Waals surface area contributed by atoms with Gasteiger partial charge in [0.15, 0.2) is 0 Å². The quantitative estimate of drug-likeness (QED) is 0.704. The molecule has 0 aliphatic carbocycles. The molecule has 0 amide bonds. The fourth-order valence-electron chi connectivity index (χ4n) is 2.16. The van der Waals surface area contributed by atoms with E-state index in [1.165, 1.54) is 0 Å². The molecule has 3 N–H and O–H groups in total. The average molecular weight is 279 g/mol. The molecule has 0 aliphatic heterocycles. The monoisotopic (exact) mass is 279 g/mol. The molecule has 0 bridgehead atoms. The van der Waals surface area contributed by atoms with Crippen LogP contribution in [0.3, 0.4) is 0 Å². The van der Waals surface area contributed by atoms with Crippen molar-refractivity contribution in [3.05, 3.63) is 72.6 Å². The van der Waals surface area contributed by atoms with Crippen molar-refractivity contribution in [3.63, 3.8) is 0 Å². The fraction of sp³-hybridized carbons (Fsp3) is 0.125. The van der Waals surface area contributed by atoms with Gasteiger partial charge in [0.1, 0.15) is 0 Å². The van der Waals surface area contributed by atoms with E-state index in [4.69, 9.17) is 5.73 Å². The third kappa shape index (κ3) is 3.39. The van der Waals surface area contributed by atoms with Crippen LogP contribution in [-0.4, -0.2) is 14.5 Å². The summed E-state index contributed by atoms with van der Waals surface area (Å²) in [6.45, 7) is 1.48. The molecule has 106 valence electrons. The number of imidazole rings is 1. The first-order valence-corrected chi connectivity index (χ1v) is 6.78. The smallest absolute Gasteiger partial charge is 0.0949 e. The van der Waals surface area contributed by atoms with Gasteiger partial charge in [-0.2, -0.15) is 0 Å². The van der Waals surface area contributed by atoms with Gasteiger partial charge in [-0.15, -0.1) is 0 Å². The second-order valence-corrected chi connectivity index (χ2v) is 4.87. The third-order valence-corrected chi connectivity index (χ3v) is 3.25. The number of nitrogens with zero attached hydrogens (tertiary/aromatic N) is 3. The number of hydrogen-bond donors (Lipinski definition) is 2. The van der Waals surface area contributed by atoms with Crippen LogP contribution >= 0.6 is 0 Å². The maximum Gasteiger partial charge on any atom is 0.0949 e. The summed E-state index contributed by atoms with van der Waals surface area (Å²) in [5.74, 6) is 0. The molecule has 21 heavy (non-hydrogen) atoms. The fourth-order valence-corrected chi connectivity index (χ4v) is 2.16. The lowest BCUT2D eigenvalue weighted by Gasteiger charge is -2.11. The molecule has 0 radical (unpaired) electrons. The summed E-state index contributed by atoms with van der Waals surface area (Å²) < 4.78 is 2.01. The molecule has 3 aromatic rings.